The summed E-state index contributed by atoms with van der Waals surface area (Å²) in [6.45, 7) is 0. The minimum Gasteiger partial charge on any atom is -0.454 e. The fourth-order valence-corrected chi connectivity index (χ4v) is 8.15. The van der Waals surface area contributed by atoms with Gasteiger partial charge in [-0.3, -0.25) is 4.98 Å². The van der Waals surface area contributed by atoms with E-state index in [-0.39, 0.29) is 0 Å². The van der Waals surface area contributed by atoms with Crippen molar-refractivity contribution in [2.75, 3.05) is 0 Å². The molecule has 11 aromatic rings. The van der Waals surface area contributed by atoms with E-state index in [4.69, 9.17) is 19.4 Å². The second kappa shape index (κ2) is 13.5. The van der Waals surface area contributed by atoms with E-state index in [0.29, 0.717) is 23.1 Å². The van der Waals surface area contributed by atoms with Crippen molar-refractivity contribution in [1.29, 1.82) is 0 Å². The third-order valence-electron chi connectivity index (χ3n) is 10.9. The normalized spacial score (nSPS) is 11.5. The van der Waals surface area contributed by atoms with Crippen LogP contribution in [0.15, 0.2) is 199 Å². The van der Waals surface area contributed by atoms with Crippen molar-refractivity contribution >= 4 is 43.5 Å². The fraction of sp³-hybridized carbons (Fsp3) is 0. The number of pyridine rings is 1. The standard InChI is InChI=1S/C52H32N4O/c1-3-13-33(14-4-1)34-23-25-36(26-24-34)50-54-51(43-22-12-9-18-38(43)35-15-5-2-6-16-35)56-52(55-50)45-28-27-42(49-48(45)44-29-30-53-32-47(44)57-49)46-31-37-17-7-8-19-39(37)40-20-10-11-21-41(40)46/h1-32H. The van der Waals surface area contributed by atoms with Crippen LogP contribution >= 0.6 is 0 Å². The number of hydrogen-bond acceptors (Lipinski definition) is 5. The zero-order valence-corrected chi connectivity index (χ0v) is 30.7. The van der Waals surface area contributed by atoms with Crippen LogP contribution in [-0.2, 0) is 0 Å². The van der Waals surface area contributed by atoms with Gasteiger partial charge in [0, 0.05) is 39.2 Å². The van der Waals surface area contributed by atoms with Gasteiger partial charge in [-0.1, -0.05) is 158 Å². The summed E-state index contributed by atoms with van der Waals surface area (Å²) < 4.78 is 6.79. The van der Waals surface area contributed by atoms with Crippen molar-refractivity contribution in [3.8, 4) is 67.5 Å². The average molecular weight is 729 g/mol. The molecule has 3 aromatic heterocycles. The first-order valence-corrected chi connectivity index (χ1v) is 19.0. The molecule has 0 aliphatic heterocycles. The molecule has 0 N–H and O–H groups in total. The molecule has 5 nitrogen and oxygen atoms in total. The van der Waals surface area contributed by atoms with Gasteiger partial charge in [0.05, 0.1) is 6.20 Å². The van der Waals surface area contributed by atoms with Crippen LogP contribution in [0.2, 0.25) is 0 Å². The van der Waals surface area contributed by atoms with Gasteiger partial charge in [-0.05, 0) is 73.6 Å². The van der Waals surface area contributed by atoms with Crippen molar-refractivity contribution in [3.05, 3.63) is 194 Å². The van der Waals surface area contributed by atoms with Crippen LogP contribution in [-0.4, -0.2) is 19.9 Å². The lowest BCUT2D eigenvalue weighted by molar-refractivity contribution is 0.668. The van der Waals surface area contributed by atoms with Crippen molar-refractivity contribution in [2.24, 2.45) is 0 Å². The Morgan fingerprint density at radius 2 is 0.930 bits per heavy atom. The van der Waals surface area contributed by atoms with Crippen LogP contribution < -0.4 is 0 Å². The van der Waals surface area contributed by atoms with Gasteiger partial charge in [-0.15, -0.1) is 0 Å². The zero-order chi connectivity index (χ0) is 37.7. The average Bonchev–Trinajstić information content (AvgIpc) is 3.69. The highest BCUT2D eigenvalue weighted by atomic mass is 16.3. The fourth-order valence-electron chi connectivity index (χ4n) is 8.15. The van der Waals surface area contributed by atoms with Gasteiger partial charge >= 0.3 is 0 Å². The molecule has 0 unspecified atom stereocenters. The van der Waals surface area contributed by atoms with E-state index in [9.17, 15) is 0 Å². The van der Waals surface area contributed by atoms with E-state index >= 15 is 0 Å². The molecule has 266 valence electrons. The van der Waals surface area contributed by atoms with Crippen LogP contribution in [0.4, 0.5) is 0 Å². The monoisotopic (exact) mass is 728 g/mol. The van der Waals surface area contributed by atoms with Crippen LogP contribution in [0.5, 0.6) is 0 Å². The number of benzene rings is 8. The zero-order valence-electron chi connectivity index (χ0n) is 30.7. The predicted octanol–water partition coefficient (Wildman–Crippen LogP) is 13.5. The summed E-state index contributed by atoms with van der Waals surface area (Å²) in [5, 5.41) is 6.62. The summed E-state index contributed by atoms with van der Waals surface area (Å²) in [5.74, 6) is 1.74. The van der Waals surface area contributed by atoms with Gasteiger partial charge < -0.3 is 4.42 Å². The molecule has 0 bridgehead atoms. The molecular weight excluding hydrogens is 697 g/mol. The predicted molar refractivity (Wildman–Crippen MR) is 233 cm³/mol. The maximum Gasteiger partial charge on any atom is 0.164 e. The smallest absolute Gasteiger partial charge is 0.164 e. The molecule has 0 amide bonds. The lowest BCUT2D eigenvalue weighted by atomic mass is 9.91. The van der Waals surface area contributed by atoms with Crippen molar-refractivity contribution in [2.45, 2.75) is 0 Å². The quantitative estimate of drug-likeness (QED) is 0.160. The number of hydrogen-bond donors (Lipinski definition) is 0. The Kier molecular flexibility index (Phi) is 7.74. The molecule has 5 heteroatoms. The summed E-state index contributed by atoms with van der Waals surface area (Å²) in [4.78, 5) is 20.2. The summed E-state index contributed by atoms with van der Waals surface area (Å²) in [7, 11) is 0. The van der Waals surface area contributed by atoms with Gasteiger partial charge in [0.15, 0.2) is 23.1 Å². The second-order valence-corrected chi connectivity index (χ2v) is 14.2. The minimum absolute atomic E-state index is 0.560. The lowest BCUT2D eigenvalue weighted by Gasteiger charge is -2.14. The van der Waals surface area contributed by atoms with E-state index < -0.39 is 0 Å². The largest absolute Gasteiger partial charge is 0.454 e. The summed E-state index contributed by atoms with van der Waals surface area (Å²) >= 11 is 0. The molecule has 0 saturated carbocycles. The number of furan rings is 1. The van der Waals surface area contributed by atoms with E-state index in [0.717, 1.165) is 71.8 Å². The summed E-state index contributed by atoms with van der Waals surface area (Å²) in [6, 6.07) is 63.3. The minimum atomic E-state index is 0.560. The topological polar surface area (TPSA) is 64.7 Å². The van der Waals surface area contributed by atoms with Gasteiger partial charge in [0.2, 0.25) is 0 Å². The number of nitrogens with zero attached hydrogens (tertiary/aromatic N) is 4. The van der Waals surface area contributed by atoms with Gasteiger partial charge in [0.25, 0.3) is 0 Å². The van der Waals surface area contributed by atoms with Gasteiger partial charge in [0.1, 0.15) is 5.58 Å². The Morgan fingerprint density at radius 1 is 0.351 bits per heavy atom. The molecular formula is C52H32N4O. The molecule has 3 heterocycles. The van der Waals surface area contributed by atoms with Crippen molar-refractivity contribution in [3.63, 3.8) is 0 Å². The molecule has 8 aromatic carbocycles. The van der Waals surface area contributed by atoms with Gasteiger partial charge in [-0.25, -0.2) is 15.0 Å². The van der Waals surface area contributed by atoms with Crippen molar-refractivity contribution in [1.82, 2.24) is 19.9 Å². The molecule has 0 aliphatic rings. The van der Waals surface area contributed by atoms with E-state index in [1.807, 2.05) is 30.5 Å². The van der Waals surface area contributed by atoms with Crippen LogP contribution in [0.3, 0.4) is 0 Å². The number of rotatable bonds is 6. The molecule has 0 aliphatic carbocycles. The van der Waals surface area contributed by atoms with Crippen LogP contribution in [0.1, 0.15) is 0 Å². The van der Waals surface area contributed by atoms with Crippen molar-refractivity contribution < 1.29 is 4.42 Å². The van der Waals surface area contributed by atoms with E-state index in [2.05, 4.69) is 163 Å². The molecule has 0 spiro atoms. The molecule has 0 atom stereocenters. The van der Waals surface area contributed by atoms with E-state index in [1.165, 1.54) is 16.2 Å². The Labute approximate surface area is 328 Å². The third kappa shape index (κ3) is 5.64. The lowest BCUT2D eigenvalue weighted by Crippen LogP contribution is -2.01. The number of fused-ring (bicyclic) bond motifs is 6. The Morgan fingerprint density at radius 3 is 1.72 bits per heavy atom. The van der Waals surface area contributed by atoms with Crippen LogP contribution in [0, 0.1) is 0 Å². The molecule has 0 saturated heterocycles. The van der Waals surface area contributed by atoms with Crippen LogP contribution in [0.25, 0.3) is 111 Å². The second-order valence-electron chi connectivity index (χ2n) is 14.2. The third-order valence-corrected chi connectivity index (χ3v) is 10.9. The molecule has 11 rings (SSSR count). The first-order chi connectivity index (χ1) is 28.3. The molecule has 57 heavy (non-hydrogen) atoms. The summed E-state index contributed by atoms with van der Waals surface area (Å²) in [6.07, 6.45) is 3.60. The Balaban J connectivity index is 1.17. The molecule has 0 radical (unpaired) electrons. The first-order valence-electron chi connectivity index (χ1n) is 19.0. The Bertz CT molecular complexity index is 3280. The van der Waals surface area contributed by atoms with E-state index in [1.54, 1.807) is 6.20 Å². The SMILES string of the molecule is c1ccc(-c2ccc(-c3nc(-c4ccccc4-c4ccccc4)nc(-c4ccc(-c5cc6ccccc6c6ccccc56)c5oc6cnccc6c45)n3)cc2)cc1. The maximum atomic E-state index is 6.79. The maximum absolute atomic E-state index is 6.79. The van der Waals surface area contributed by atoms with Gasteiger partial charge in [-0.2, -0.15) is 0 Å². The number of aromatic nitrogens is 4. The molecule has 0 fully saturated rings. The summed E-state index contributed by atoms with van der Waals surface area (Å²) in [5.41, 5.74) is 10.6. The highest BCUT2D eigenvalue weighted by molar-refractivity contribution is 6.20. The Hall–Kier alpha value is -7.76. The highest BCUT2D eigenvalue weighted by Gasteiger charge is 2.23. The first kappa shape index (κ1) is 32.7. The highest BCUT2D eigenvalue weighted by Crippen LogP contribution is 2.44.